The van der Waals surface area contributed by atoms with Crippen LogP contribution in [0.1, 0.15) is 12.0 Å². The molecular formula is C21H22N2O. The Hall–Kier alpha value is -2.48. The van der Waals surface area contributed by atoms with E-state index in [1.165, 1.54) is 27.5 Å². The molecule has 3 heteroatoms. The van der Waals surface area contributed by atoms with Crippen LogP contribution >= 0.6 is 0 Å². The fraction of sp³-hybridized carbons (Fsp3) is 0.286. The van der Waals surface area contributed by atoms with Crippen LogP contribution in [-0.2, 0) is 4.74 Å². The summed E-state index contributed by atoms with van der Waals surface area (Å²) in [5.74, 6) is 0. The summed E-state index contributed by atoms with van der Waals surface area (Å²) in [5.41, 5.74) is 6.99. The number of fused-ring (bicyclic) bond motifs is 1. The lowest BCUT2D eigenvalue weighted by atomic mass is 10.2. The maximum atomic E-state index is 5.52. The van der Waals surface area contributed by atoms with Crippen LogP contribution in [0.15, 0.2) is 48.3 Å². The first-order valence-electron chi connectivity index (χ1n) is 8.55. The minimum Gasteiger partial charge on any atom is -0.378 e. The van der Waals surface area contributed by atoms with E-state index in [4.69, 9.17) is 4.74 Å². The summed E-state index contributed by atoms with van der Waals surface area (Å²) in [6, 6.07) is 8.72. The minimum absolute atomic E-state index is 0.796. The van der Waals surface area contributed by atoms with Gasteiger partial charge in [-0.15, -0.1) is 5.73 Å². The Balaban J connectivity index is 1.92. The molecule has 24 heavy (non-hydrogen) atoms. The van der Waals surface area contributed by atoms with Crippen molar-refractivity contribution in [3.05, 3.63) is 64.5 Å². The number of aromatic nitrogens is 1. The molecule has 122 valence electrons. The predicted molar refractivity (Wildman–Crippen MR) is 99.0 cm³/mol. The Bertz CT molecular complexity index is 906. The van der Waals surface area contributed by atoms with Gasteiger partial charge in [0, 0.05) is 30.2 Å². The second-order valence-electron chi connectivity index (χ2n) is 6.26. The second-order valence-corrected chi connectivity index (χ2v) is 6.26. The number of rotatable bonds is 2. The maximum Gasteiger partial charge on any atom is 0.0642 e. The summed E-state index contributed by atoms with van der Waals surface area (Å²) in [4.78, 5) is 2.43. The first kappa shape index (κ1) is 15.1. The summed E-state index contributed by atoms with van der Waals surface area (Å²) in [6.45, 7) is 5.60. The van der Waals surface area contributed by atoms with E-state index in [0.29, 0.717) is 0 Å². The van der Waals surface area contributed by atoms with E-state index < -0.39 is 0 Å². The largest absolute Gasteiger partial charge is 0.378 e. The zero-order valence-corrected chi connectivity index (χ0v) is 14.0. The molecule has 0 spiro atoms. The third-order valence-electron chi connectivity index (χ3n) is 4.62. The average molecular weight is 318 g/mol. The number of morpholine rings is 1. The molecule has 2 aliphatic rings. The molecule has 0 bridgehead atoms. The molecule has 0 unspecified atom stereocenters. The molecule has 1 aromatic heterocycles. The number of allylic oxidation sites excluding steroid dienone is 1. The molecule has 1 aliphatic heterocycles. The van der Waals surface area contributed by atoms with Crippen LogP contribution in [0.25, 0.3) is 17.8 Å². The lowest BCUT2D eigenvalue weighted by Gasteiger charge is -2.28. The van der Waals surface area contributed by atoms with Gasteiger partial charge >= 0.3 is 0 Å². The van der Waals surface area contributed by atoms with E-state index in [0.717, 1.165) is 32.7 Å². The molecule has 1 fully saturated rings. The van der Waals surface area contributed by atoms with Gasteiger partial charge in [0.2, 0.25) is 0 Å². The van der Waals surface area contributed by atoms with Crippen molar-refractivity contribution < 1.29 is 4.74 Å². The highest BCUT2D eigenvalue weighted by Crippen LogP contribution is 2.14. The maximum absolute atomic E-state index is 5.52. The van der Waals surface area contributed by atoms with E-state index >= 15 is 0 Å². The summed E-state index contributed by atoms with van der Waals surface area (Å²) in [5, 5.41) is 2.53. The number of hydrogen-bond donors (Lipinski definition) is 0. The summed E-state index contributed by atoms with van der Waals surface area (Å²) < 4.78 is 7.83. The van der Waals surface area contributed by atoms with Crippen molar-refractivity contribution in [3.63, 3.8) is 0 Å². The van der Waals surface area contributed by atoms with E-state index in [1.54, 1.807) is 0 Å². The fourth-order valence-electron chi connectivity index (χ4n) is 3.31. The SMILES string of the molecule is Cc1ccc(-n2cc(N3CCOCC3)c3/c2=C\CC=C=C\C=3)cc1. The number of nitrogens with zero attached hydrogens (tertiary/aromatic N) is 2. The highest BCUT2D eigenvalue weighted by molar-refractivity contribution is 5.58. The topological polar surface area (TPSA) is 17.4 Å². The van der Waals surface area contributed by atoms with Gasteiger partial charge in [-0.05, 0) is 43.7 Å². The van der Waals surface area contributed by atoms with Crippen LogP contribution in [0, 0.1) is 6.92 Å². The normalized spacial score (nSPS) is 19.6. The van der Waals surface area contributed by atoms with Crippen molar-refractivity contribution in [2.75, 3.05) is 31.2 Å². The van der Waals surface area contributed by atoms with Crippen molar-refractivity contribution in [2.24, 2.45) is 0 Å². The van der Waals surface area contributed by atoms with Crippen molar-refractivity contribution in [3.8, 4) is 5.69 Å². The van der Waals surface area contributed by atoms with Gasteiger partial charge < -0.3 is 14.2 Å². The van der Waals surface area contributed by atoms with Crippen LogP contribution in [0.5, 0.6) is 0 Å². The zero-order valence-electron chi connectivity index (χ0n) is 14.0. The van der Waals surface area contributed by atoms with E-state index in [9.17, 15) is 0 Å². The molecule has 2 heterocycles. The van der Waals surface area contributed by atoms with Gasteiger partial charge in [0.25, 0.3) is 0 Å². The number of anilines is 1. The number of ether oxygens (including phenoxy) is 1. The Morgan fingerprint density at radius 1 is 1.08 bits per heavy atom. The van der Waals surface area contributed by atoms with Crippen LogP contribution in [0.2, 0.25) is 0 Å². The Morgan fingerprint density at radius 2 is 1.88 bits per heavy atom. The number of aryl methyl sites for hydroxylation is 1. The van der Waals surface area contributed by atoms with Gasteiger partial charge in [-0.3, -0.25) is 0 Å². The lowest BCUT2D eigenvalue weighted by Crippen LogP contribution is -2.40. The van der Waals surface area contributed by atoms with Crippen molar-refractivity contribution in [1.29, 1.82) is 0 Å². The molecule has 1 aliphatic carbocycles. The van der Waals surface area contributed by atoms with Crippen molar-refractivity contribution in [2.45, 2.75) is 13.3 Å². The molecule has 0 N–H and O–H groups in total. The standard InChI is InChI=1S/C21H22N2O/c1-17-8-10-18(11-9-17)23-16-21(22-12-14-24-15-13-22)19-6-4-2-3-5-7-20(19)23/h3-4,6-11,16H,5,12-15H2,1H3/b19-6+,20-7+. The third kappa shape index (κ3) is 2.84. The first-order chi connectivity index (χ1) is 11.8. The molecule has 1 saturated heterocycles. The minimum atomic E-state index is 0.796. The Morgan fingerprint density at radius 3 is 2.67 bits per heavy atom. The molecule has 0 saturated carbocycles. The van der Waals surface area contributed by atoms with Crippen molar-refractivity contribution >= 4 is 17.8 Å². The van der Waals surface area contributed by atoms with E-state index in [2.05, 4.69) is 70.8 Å². The smallest absolute Gasteiger partial charge is 0.0642 e. The quantitative estimate of drug-likeness (QED) is 0.791. The van der Waals surface area contributed by atoms with Crippen LogP contribution in [-0.4, -0.2) is 30.9 Å². The molecule has 1 aromatic carbocycles. The molecule has 3 nitrogen and oxygen atoms in total. The monoisotopic (exact) mass is 318 g/mol. The van der Waals surface area contributed by atoms with Gasteiger partial charge in [-0.25, -0.2) is 0 Å². The molecular weight excluding hydrogens is 296 g/mol. The van der Waals surface area contributed by atoms with Gasteiger partial charge in [-0.2, -0.15) is 0 Å². The summed E-state index contributed by atoms with van der Waals surface area (Å²) in [6.07, 6.45) is 11.7. The fourth-order valence-corrected chi connectivity index (χ4v) is 3.31. The highest BCUT2D eigenvalue weighted by atomic mass is 16.5. The summed E-state index contributed by atoms with van der Waals surface area (Å²) >= 11 is 0. The van der Waals surface area contributed by atoms with Crippen LogP contribution in [0.4, 0.5) is 5.69 Å². The van der Waals surface area contributed by atoms with E-state index in [1.807, 2.05) is 6.08 Å². The summed E-state index contributed by atoms with van der Waals surface area (Å²) in [7, 11) is 0. The highest BCUT2D eigenvalue weighted by Gasteiger charge is 2.16. The second kappa shape index (κ2) is 6.56. The van der Waals surface area contributed by atoms with Gasteiger partial charge in [0.15, 0.2) is 0 Å². The first-order valence-corrected chi connectivity index (χ1v) is 8.55. The van der Waals surface area contributed by atoms with Crippen LogP contribution < -0.4 is 15.5 Å². The Labute approximate surface area is 142 Å². The molecule has 4 rings (SSSR count). The van der Waals surface area contributed by atoms with Crippen molar-refractivity contribution in [1.82, 2.24) is 4.57 Å². The van der Waals surface area contributed by atoms with Crippen LogP contribution in [0.3, 0.4) is 0 Å². The molecule has 0 amide bonds. The zero-order chi connectivity index (χ0) is 16.4. The molecule has 0 atom stereocenters. The molecule has 2 aromatic rings. The average Bonchev–Trinajstić information content (AvgIpc) is 2.93. The lowest BCUT2D eigenvalue weighted by molar-refractivity contribution is 0.122. The van der Waals surface area contributed by atoms with Gasteiger partial charge in [0.1, 0.15) is 0 Å². The van der Waals surface area contributed by atoms with Gasteiger partial charge in [-0.1, -0.05) is 23.8 Å². The number of benzene rings is 1. The van der Waals surface area contributed by atoms with E-state index in [-0.39, 0.29) is 0 Å². The van der Waals surface area contributed by atoms with Gasteiger partial charge in [0.05, 0.1) is 24.3 Å². The Kier molecular flexibility index (Phi) is 4.12. The number of hydrogen-bond acceptors (Lipinski definition) is 2. The third-order valence-corrected chi connectivity index (χ3v) is 4.62. The molecule has 0 radical (unpaired) electrons. The predicted octanol–water partition coefficient (Wildman–Crippen LogP) is 2.30.